The molecule has 1 aromatic carbocycles. The Morgan fingerprint density at radius 3 is 2.40 bits per heavy atom. The van der Waals surface area contributed by atoms with Crippen molar-refractivity contribution in [2.24, 2.45) is 5.73 Å². The third kappa shape index (κ3) is 2.93. The van der Waals surface area contributed by atoms with Crippen molar-refractivity contribution in [2.45, 2.75) is 12.6 Å². The number of nitrogens with one attached hydrogen (secondary N) is 1. The highest BCUT2D eigenvalue weighted by molar-refractivity contribution is 5.79. The quantitative estimate of drug-likeness (QED) is 0.448. The number of hydrogen-bond acceptors (Lipinski definition) is 1. The van der Waals surface area contributed by atoms with Gasteiger partial charge in [-0.3, -0.25) is 5.41 Å². The Hall–Kier alpha value is -1.59. The van der Waals surface area contributed by atoms with Crippen molar-refractivity contribution in [3.63, 3.8) is 0 Å². The van der Waals surface area contributed by atoms with E-state index in [9.17, 15) is 17.6 Å². The van der Waals surface area contributed by atoms with E-state index < -0.39 is 17.6 Å². The van der Waals surface area contributed by atoms with Crippen molar-refractivity contribution < 1.29 is 17.6 Å². The first kappa shape index (κ1) is 11.5. The molecule has 6 heteroatoms. The average molecular weight is 220 g/mol. The highest BCUT2D eigenvalue weighted by atomic mass is 19.4. The molecule has 0 spiro atoms. The summed E-state index contributed by atoms with van der Waals surface area (Å²) >= 11 is 0. The highest BCUT2D eigenvalue weighted by Crippen LogP contribution is 2.31. The van der Waals surface area contributed by atoms with Gasteiger partial charge in [0.2, 0.25) is 0 Å². The molecule has 0 saturated carbocycles. The fraction of sp³-hybridized carbons (Fsp3) is 0.222. The van der Waals surface area contributed by atoms with Crippen molar-refractivity contribution in [1.29, 1.82) is 5.41 Å². The predicted octanol–water partition coefficient (Wildman–Crippen LogP) is 2.32. The van der Waals surface area contributed by atoms with Crippen LogP contribution in [0.15, 0.2) is 18.2 Å². The summed E-state index contributed by atoms with van der Waals surface area (Å²) in [7, 11) is 0. The molecule has 0 atom stereocenters. The van der Waals surface area contributed by atoms with Gasteiger partial charge in [-0.1, -0.05) is 6.07 Å². The summed E-state index contributed by atoms with van der Waals surface area (Å²) in [6, 6.07) is 2.56. The van der Waals surface area contributed by atoms with E-state index in [4.69, 9.17) is 11.1 Å². The lowest BCUT2D eigenvalue weighted by molar-refractivity contribution is -0.140. The van der Waals surface area contributed by atoms with Gasteiger partial charge >= 0.3 is 6.18 Å². The van der Waals surface area contributed by atoms with E-state index in [-0.39, 0.29) is 17.8 Å². The van der Waals surface area contributed by atoms with Crippen LogP contribution in [-0.4, -0.2) is 5.84 Å². The molecule has 3 N–H and O–H groups in total. The van der Waals surface area contributed by atoms with Gasteiger partial charge < -0.3 is 5.73 Å². The normalized spacial score (nSPS) is 11.5. The first-order valence-electron chi connectivity index (χ1n) is 3.99. The second kappa shape index (κ2) is 3.88. The molecule has 0 fully saturated rings. The molecule has 15 heavy (non-hydrogen) atoms. The van der Waals surface area contributed by atoms with Crippen molar-refractivity contribution in [3.8, 4) is 0 Å². The molecule has 1 rings (SSSR count). The summed E-state index contributed by atoms with van der Waals surface area (Å²) in [5.74, 6) is -1.59. The molecule has 82 valence electrons. The average Bonchev–Trinajstić information content (AvgIpc) is 2.05. The molecule has 0 aromatic heterocycles. The van der Waals surface area contributed by atoms with Crippen LogP contribution in [0.3, 0.4) is 0 Å². The van der Waals surface area contributed by atoms with Gasteiger partial charge in [-0.25, -0.2) is 4.39 Å². The summed E-state index contributed by atoms with van der Waals surface area (Å²) in [6.07, 6.45) is -4.85. The number of alkyl halides is 3. The number of halogens is 4. The summed E-state index contributed by atoms with van der Waals surface area (Å²) in [6.45, 7) is 0. The van der Waals surface area contributed by atoms with Gasteiger partial charge in [0.05, 0.1) is 11.4 Å². The Morgan fingerprint density at radius 1 is 1.33 bits per heavy atom. The smallest absolute Gasteiger partial charge is 0.387 e. The molecule has 0 amide bonds. The molecule has 1 aromatic rings. The summed E-state index contributed by atoms with van der Waals surface area (Å²) in [5.41, 5.74) is 3.86. The second-order valence-electron chi connectivity index (χ2n) is 3.01. The summed E-state index contributed by atoms with van der Waals surface area (Å²) in [5, 5.41) is 6.91. The monoisotopic (exact) mass is 220 g/mol. The van der Waals surface area contributed by atoms with Gasteiger partial charge in [0, 0.05) is 6.42 Å². The van der Waals surface area contributed by atoms with Crippen LogP contribution in [0.25, 0.3) is 0 Å². The Kier molecular flexibility index (Phi) is 2.97. The topological polar surface area (TPSA) is 49.9 Å². The molecule has 0 aliphatic heterocycles. The van der Waals surface area contributed by atoms with E-state index in [1.165, 1.54) is 6.07 Å². The Labute approximate surface area is 83.2 Å². The zero-order valence-corrected chi connectivity index (χ0v) is 7.53. The Balaban J connectivity index is 3.11. The largest absolute Gasteiger partial charge is 0.419 e. The van der Waals surface area contributed by atoms with E-state index in [1.807, 2.05) is 0 Å². The molecule has 0 bridgehead atoms. The minimum Gasteiger partial charge on any atom is -0.387 e. The van der Waals surface area contributed by atoms with Gasteiger partial charge in [-0.2, -0.15) is 13.2 Å². The fourth-order valence-electron chi connectivity index (χ4n) is 1.12. The van der Waals surface area contributed by atoms with Gasteiger partial charge in [0.25, 0.3) is 0 Å². The number of benzene rings is 1. The number of nitrogens with two attached hydrogens (primary N) is 1. The standard InChI is InChI=1S/C9H8F4N2/c10-7-2-1-5(4-8(14)15)3-6(7)9(11,12)13/h1-3H,4H2,(H3,14,15). The molecule has 0 heterocycles. The first-order chi connectivity index (χ1) is 6.80. The van der Waals surface area contributed by atoms with Crippen LogP contribution in [0.5, 0.6) is 0 Å². The van der Waals surface area contributed by atoms with Crippen molar-refractivity contribution >= 4 is 5.84 Å². The lowest BCUT2D eigenvalue weighted by Gasteiger charge is -2.09. The van der Waals surface area contributed by atoms with E-state index in [0.29, 0.717) is 6.07 Å². The molecule has 0 saturated heterocycles. The van der Waals surface area contributed by atoms with Crippen LogP contribution < -0.4 is 5.73 Å². The van der Waals surface area contributed by atoms with Gasteiger partial charge in [-0.05, 0) is 17.7 Å². The van der Waals surface area contributed by atoms with Gasteiger partial charge in [0.15, 0.2) is 0 Å². The van der Waals surface area contributed by atoms with Crippen LogP contribution in [-0.2, 0) is 12.6 Å². The Bertz CT molecular complexity index is 384. The van der Waals surface area contributed by atoms with E-state index in [2.05, 4.69) is 0 Å². The first-order valence-corrected chi connectivity index (χ1v) is 3.99. The molecule has 0 aliphatic rings. The van der Waals surface area contributed by atoms with Crippen LogP contribution in [0.2, 0.25) is 0 Å². The van der Waals surface area contributed by atoms with Crippen LogP contribution in [0.4, 0.5) is 17.6 Å². The Morgan fingerprint density at radius 2 is 1.93 bits per heavy atom. The zero-order chi connectivity index (χ0) is 11.6. The lowest BCUT2D eigenvalue weighted by atomic mass is 10.1. The maximum Gasteiger partial charge on any atom is 0.419 e. The predicted molar refractivity (Wildman–Crippen MR) is 47.0 cm³/mol. The van der Waals surface area contributed by atoms with E-state index in [0.717, 1.165) is 6.07 Å². The van der Waals surface area contributed by atoms with Gasteiger partial charge in [-0.15, -0.1) is 0 Å². The van der Waals surface area contributed by atoms with Crippen LogP contribution in [0, 0.1) is 11.2 Å². The molecule has 0 radical (unpaired) electrons. The SMILES string of the molecule is N=C(N)Cc1ccc(F)c(C(F)(F)F)c1. The summed E-state index contributed by atoms with van der Waals surface area (Å²) < 4.78 is 49.5. The molecular weight excluding hydrogens is 212 g/mol. The fourth-order valence-corrected chi connectivity index (χ4v) is 1.12. The molecule has 0 unspecified atom stereocenters. The molecule has 2 nitrogen and oxygen atoms in total. The van der Waals surface area contributed by atoms with E-state index >= 15 is 0 Å². The lowest BCUT2D eigenvalue weighted by Crippen LogP contribution is -2.14. The van der Waals surface area contributed by atoms with Crippen molar-refractivity contribution in [2.75, 3.05) is 0 Å². The van der Waals surface area contributed by atoms with E-state index in [1.54, 1.807) is 0 Å². The third-order valence-electron chi connectivity index (χ3n) is 1.73. The summed E-state index contributed by atoms with van der Waals surface area (Å²) in [4.78, 5) is 0. The molecular formula is C9H8F4N2. The highest BCUT2D eigenvalue weighted by Gasteiger charge is 2.34. The number of amidine groups is 1. The van der Waals surface area contributed by atoms with Crippen LogP contribution in [0.1, 0.15) is 11.1 Å². The van der Waals surface area contributed by atoms with Gasteiger partial charge in [0.1, 0.15) is 5.82 Å². The third-order valence-corrected chi connectivity index (χ3v) is 1.73. The number of hydrogen-bond donors (Lipinski definition) is 2. The number of rotatable bonds is 2. The maximum absolute atomic E-state index is 12.8. The molecule has 0 aliphatic carbocycles. The second-order valence-corrected chi connectivity index (χ2v) is 3.01. The zero-order valence-electron chi connectivity index (χ0n) is 7.53. The van der Waals surface area contributed by atoms with Crippen LogP contribution >= 0.6 is 0 Å². The maximum atomic E-state index is 12.8. The minimum atomic E-state index is -4.73. The minimum absolute atomic E-state index is 0.122. The van der Waals surface area contributed by atoms with Crippen molar-refractivity contribution in [3.05, 3.63) is 35.1 Å². The van der Waals surface area contributed by atoms with Crippen molar-refractivity contribution in [1.82, 2.24) is 0 Å².